The van der Waals surface area contributed by atoms with Crippen molar-refractivity contribution in [1.82, 2.24) is 15.0 Å². The van der Waals surface area contributed by atoms with Gasteiger partial charge in [-0.2, -0.15) is 5.26 Å². The molecule has 0 spiro atoms. The van der Waals surface area contributed by atoms with E-state index in [1.807, 2.05) is 12.1 Å². The van der Waals surface area contributed by atoms with Crippen LogP contribution in [0.25, 0.3) is 0 Å². The van der Waals surface area contributed by atoms with Crippen LogP contribution < -0.4 is 5.32 Å². The molecule has 2 aromatic heterocycles. The van der Waals surface area contributed by atoms with Gasteiger partial charge in [0.1, 0.15) is 23.3 Å². The third-order valence-corrected chi connectivity index (χ3v) is 2.21. The van der Waals surface area contributed by atoms with E-state index in [-0.39, 0.29) is 0 Å². The number of rotatable bonds is 3. The van der Waals surface area contributed by atoms with E-state index in [0.29, 0.717) is 23.8 Å². The van der Waals surface area contributed by atoms with E-state index in [1.165, 1.54) is 6.20 Å². The van der Waals surface area contributed by atoms with Crippen molar-refractivity contribution < 1.29 is 0 Å². The molecule has 0 radical (unpaired) electrons. The summed E-state index contributed by atoms with van der Waals surface area (Å²) in [7, 11) is 0. The summed E-state index contributed by atoms with van der Waals surface area (Å²) in [6, 6.07) is 5.88. The maximum atomic E-state index is 8.92. The maximum Gasteiger partial charge on any atom is 0.147 e. The molecule has 84 valence electrons. The van der Waals surface area contributed by atoms with Crippen molar-refractivity contribution in [2.24, 2.45) is 0 Å². The van der Waals surface area contributed by atoms with E-state index >= 15 is 0 Å². The summed E-state index contributed by atoms with van der Waals surface area (Å²) in [5.41, 5.74) is 1.48. The predicted octanol–water partition coefficient (Wildman–Crippen LogP) is 1.66. The summed E-state index contributed by atoms with van der Waals surface area (Å²) in [5.74, 6) is 1.20. The third kappa shape index (κ3) is 2.75. The van der Waals surface area contributed by atoms with Gasteiger partial charge in [-0.05, 0) is 18.6 Å². The summed E-state index contributed by atoms with van der Waals surface area (Å²) in [5, 5.41) is 12.0. The van der Waals surface area contributed by atoms with Crippen LogP contribution in [0.3, 0.4) is 0 Å². The largest absolute Gasteiger partial charge is 0.365 e. The van der Waals surface area contributed by atoms with E-state index in [2.05, 4.69) is 26.3 Å². The summed E-state index contributed by atoms with van der Waals surface area (Å²) in [6.07, 6.45) is 5.01. The zero-order valence-corrected chi connectivity index (χ0v) is 9.38. The highest BCUT2D eigenvalue weighted by Gasteiger charge is 2.04. The number of nitrogens with one attached hydrogen (secondary N) is 1. The first-order valence-corrected chi connectivity index (χ1v) is 5.16. The van der Waals surface area contributed by atoms with E-state index in [4.69, 9.17) is 5.26 Å². The molecule has 0 amide bonds. The third-order valence-electron chi connectivity index (χ3n) is 2.21. The smallest absolute Gasteiger partial charge is 0.147 e. The predicted molar refractivity (Wildman–Crippen MR) is 63.0 cm³/mol. The number of pyridine rings is 1. The summed E-state index contributed by atoms with van der Waals surface area (Å²) < 4.78 is 0. The topological polar surface area (TPSA) is 74.5 Å². The van der Waals surface area contributed by atoms with Crippen LogP contribution in [0.2, 0.25) is 0 Å². The fraction of sp³-hybridized carbons (Fsp3) is 0.167. The Kier molecular flexibility index (Phi) is 3.26. The Morgan fingerprint density at radius 2 is 2.29 bits per heavy atom. The molecular formula is C12H11N5. The van der Waals surface area contributed by atoms with Gasteiger partial charge in [-0.3, -0.25) is 4.98 Å². The maximum absolute atomic E-state index is 8.92. The lowest BCUT2D eigenvalue weighted by Crippen LogP contribution is -2.05. The van der Waals surface area contributed by atoms with Crippen molar-refractivity contribution in [3.05, 3.63) is 47.7 Å². The molecule has 0 aliphatic carbocycles. The molecule has 0 aliphatic rings. The number of hydrogen-bond donors (Lipinski definition) is 1. The van der Waals surface area contributed by atoms with Gasteiger partial charge in [0.05, 0.1) is 6.20 Å². The van der Waals surface area contributed by atoms with Crippen molar-refractivity contribution in [2.75, 3.05) is 5.32 Å². The minimum Gasteiger partial charge on any atom is -0.365 e. The number of nitrogens with zero attached hydrogens (tertiary/aromatic N) is 4. The molecule has 2 rings (SSSR count). The molecule has 0 unspecified atom stereocenters. The van der Waals surface area contributed by atoms with E-state index < -0.39 is 0 Å². The monoisotopic (exact) mass is 225 g/mol. The van der Waals surface area contributed by atoms with Crippen LogP contribution in [-0.2, 0) is 6.54 Å². The molecule has 0 aliphatic heterocycles. The zero-order valence-electron chi connectivity index (χ0n) is 9.38. The van der Waals surface area contributed by atoms with Crippen LogP contribution in [0, 0.1) is 18.3 Å². The molecular weight excluding hydrogens is 214 g/mol. The van der Waals surface area contributed by atoms with Crippen LogP contribution in [-0.4, -0.2) is 15.0 Å². The fourth-order valence-electron chi connectivity index (χ4n) is 1.38. The lowest BCUT2D eigenvalue weighted by Gasteiger charge is -2.07. The minimum absolute atomic E-state index is 0.444. The van der Waals surface area contributed by atoms with Gasteiger partial charge in [-0.25, -0.2) is 9.97 Å². The van der Waals surface area contributed by atoms with E-state index in [1.54, 1.807) is 19.3 Å². The van der Waals surface area contributed by atoms with Gasteiger partial charge in [-0.15, -0.1) is 0 Å². The van der Waals surface area contributed by atoms with Gasteiger partial charge in [0.25, 0.3) is 0 Å². The van der Waals surface area contributed by atoms with Crippen molar-refractivity contribution >= 4 is 5.82 Å². The van der Waals surface area contributed by atoms with Crippen LogP contribution in [0.15, 0.2) is 30.7 Å². The Bertz CT molecular complexity index is 545. The number of hydrogen-bond acceptors (Lipinski definition) is 5. The van der Waals surface area contributed by atoms with Crippen LogP contribution >= 0.6 is 0 Å². The highest BCUT2D eigenvalue weighted by atomic mass is 15.0. The van der Waals surface area contributed by atoms with Crippen LogP contribution in [0.5, 0.6) is 0 Å². The molecule has 0 atom stereocenters. The lowest BCUT2D eigenvalue weighted by atomic mass is 10.2. The molecule has 5 nitrogen and oxygen atoms in total. The normalized spacial score (nSPS) is 9.65. The van der Waals surface area contributed by atoms with Crippen molar-refractivity contribution in [3.63, 3.8) is 0 Å². The second kappa shape index (κ2) is 5.03. The second-order valence-electron chi connectivity index (χ2n) is 3.51. The average Bonchev–Trinajstić information content (AvgIpc) is 2.38. The molecule has 0 aromatic carbocycles. The quantitative estimate of drug-likeness (QED) is 0.859. The molecule has 0 saturated carbocycles. The number of anilines is 1. The first-order chi connectivity index (χ1) is 8.29. The fourth-order valence-corrected chi connectivity index (χ4v) is 1.38. The molecule has 2 heterocycles. The SMILES string of the molecule is Cc1ncc(C#N)c(NCc2cccnc2)n1. The summed E-state index contributed by atoms with van der Waals surface area (Å²) >= 11 is 0. The second-order valence-corrected chi connectivity index (χ2v) is 3.51. The molecule has 1 N–H and O–H groups in total. The highest BCUT2D eigenvalue weighted by molar-refractivity contribution is 5.50. The highest BCUT2D eigenvalue weighted by Crippen LogP contribution is 2.11. The summed E-state index contributed by atoms with van der Waals surface area (Å²) in [6.45, 7) is 2.37. The number of aromatic nitrogens is 3. The van der Waals surface area contributed by atoms with Gasteiger partial charge >= 0.3 is 0 Å². The van der Waals surface area contributed by atoms with Gasteiger partial charge in [0.15, 0.2) is 0 Å². The Morgan fingerprint density at radius 3 is 3.00 bits per heavy atom. The molecule has 0 bridgehead atoms. The molecule has 17 heavy (non-hydrogen) atoms. The van der Waals surface area contributed by atoms with Gasteiger partial charge in [-0.1, -0.05) is 6.07 Å². The zero-order chi connectivity index (χ0) is 12.1. The average molecular weight is 225 g/mol. The first kappa shape index (κ1) is 11.0. The lowest BCUT2D eigenvalue weighted by molar-refractivity contribution is 1.01. The Labute approximate surface area is 99.2 Å². The molecule has 0 saturated heterocycles. The first-order valence-electron chi connectivity index (χ1n) is 5.16. The van der Waals surface area contributed by atoms with Gasteiger partial charge in [0, 0.05) is 18.9 Å². The Morgan fingerprint density at radius 1 is 1.41 bits per heavy atom. The van der Waals surface area contributed by atoms with Crippen molar-refractivity contribution in [3.8, 4) is 6.07 Å². The van der Waals surface area contributed by atoms with E-state index in [9.17, 15) is 0 Å². The minimum atomic E-state index is 0.444. The summed E-state index contributed by atoms with van der Waals surface area (Å²) in [4.78, 5) is 12.2. The van der Waals surface area contributed by atoms with Crippen molar-refractivity contribution in [1.29, 1.82) is 5.26 Å². The van der Waals surface area contributed by atoms with Crippen LogP contribution in [0.1, 0.15) is 17.0 Å². The van der Waals surface area contributed by atoms with Crippen LogP contribution in [0.4, 0.5) is 5.82 Å². The molecule has 0 fully saturated rings. The Hall–Kier alpha value is -2.48. The van der Waals surface area contributed by atoms with Gasteiger partial charge in [0.2, 0.25) is 0 Å². The van der Waals surface area contributed by atoms with E-state index in [0.717, 1.165) is 5.56 Å². The number of nitriles is 1. The molecule has 2 aromatic rings. The number of aryl methyl sites for hydroxylation is 1. The Balaban J connectivity index is 2.14. The van der Waals surface area contributed by atoms with Crippen molar-refractivity contribution in [2.45, 2.75) is 13.5 Å². The molecule has 5 heteroatoms. The van der Waals surface area contributed by atoms with Gasteiger partial charge < -0.3 is 5.32 Å². The standard InChI is InChI=1S/C12H11N5/c1-9-15-8-11(5-13)12(17-9)16-7-10-3-2-4-14-6-10/h2-4,6,8H,7H2,1H3,(H,15,16,17).